The quantitative estimate of drug-likeness (QED) is 0.303. The number of hydrogen-bond acceptors (Lipinski definition) is 6. The zero-order chi connectivity index (χ0) is 24.8. The van der Waals surface area contributed by atoms with Crippen LogP contribution in [-0.2, 0) is 22.8 Å². The Labute approximate surface area is 213 Å². The molecule has 1 atom stereocenters. The first-order valence-corrected chi connectivity index (χ1v) is 12.1. The summed E-state index contributed by atoms with van der Waals surface area (Å²) in [5, 5.41) is 9.29. The smallest absolute Gasteiger partial charge is 0.326 e. The van der Waals surface area contributed by atoms with Crippen molar-refractivity contribution < 1.29 is 24.2 Å². The molecule has 0 radical (unpaired) electrons. The Kier molecular flexibility index (Phi) is 7.84. The molecule has 8 heteroatoms. The van der Waals surface area contributed by atoms with E-state index < -0.39 is 17.9 Å². The number of hydrogen-bond donors (Lipinski definition) is 1. The van der Waals surface area contributed by atoms with Gasteiger partial charge in [-0.1, -0.05) is 90.7 Å². The number of benzene rings is 3. The minimum atomic E-state index is -1.11. The Morgan fingerprint density at radius 3 is 2.11 bits per heavy atom. The SMILES string of the molecule is CC(C(=O)O)N1C(=O)/C(=C/c2ccc(OCc3ccccc3)c(OCc3ccccc3)c2)SC1=S. The number of carboxylic acid groups (broad SMARTS) is 1. The van der Waals surface area contributed by atoms with Crippen LogP contribution in [-0.4, -0.2) is 32.2 Å². The van der Waals surface area contributed by atoms with Crippen LogP contribution in [0.1, 0.15) is 23.6 Å². The van der Waals surface area contributed by atoms with Gasteiger partial charge in [0.05, 0.1) is 4.91 Å². The van der Waals surface area contributed by atoms with E-state index >= 15 is 0 Å². The summed E-state index contributed by atoms with van der Waals surface area (Å²) in [6.45, 7) is 2.17. The number of thiocarbonyl (C=S) groups is 1. The van der Waals surface area contributed by atoms with Gasteiger partial charge < -0.3 is 14.6 Å². The minimum absolute atomic E-state index is 0.222. The zero-order valence-corrected chi connectivity index (χ0v) is 20.6. The molecule has 1 heterocycles. The predicted molar refractivity (Wildman–Crippen MR) is 140 cm³/mol. The fourth-order valence-electron chi connectivity index (χ4n) is 3.39. The molecular weight excluding hydrogens is 482 g/mol. The van der Waals surface area contributed by atoms with Crippen molar-refractivity contribution in [3.63, 3.8) is 0 Å². The standard InChI is InChI=1S/C27H23NO5S2/c1-18(26(30)31)28-25(29)24(35-27(28)34)15-21-12-13-22(32-16-19-8-4-2-5-9-19)23(14-21)33-17-20-10-6-3-7-11-20/h2-15,18H,16-17H2,1H3,(H,30,31)/b24-15-. The largest absolute Gasteiger partial charge is 0.485 e. The van der Waals surface area contributed by atoms with Crippen LogP contribution in [0, 0.1) is 0 Å². The van der Waals surface area contributed by atoms with Crippen LogP contribution < -0.4 is 9.47 Å². The molecule has 0 bridgehead atoms. The lowest BCUT2D eigenvalue weighted by Gasteiger charge is -2.18. The van der Waals surface area contributed by atoms with Crippen LogP contribution in [0.2, 0.25) is 0 Å². The molecule has 1 saturated heterocycles. The van der Waals surface area contributed by atoms with Gasteiger partial charge >= 0.3 is 5.97 Å². The van der Waals surface area contributed by atoms with E-state index in [1.54, 1.807) is 18.2 Å². The highest BCUT2D eigenvalue weighted by atomic mass is 32.2. The van der Waals surface area contributed by atoms with Gasteiger partial charge in [-0.25, -0.2) is 4.79 Å². The lowest BCUT2D eigenvalue weighted by atomic mass is 10.1. The van der Waals surface area contributed by atoms with Crippen molar-refractivity contribution in [1.82, 2.24) is 4.90 Å². The molecule has 1 amide bonds. The molecule has 1 unspecified atom stereocenters. The van der Waals surface area contributed by atoms with Crippen LogP contribution in [0.4, 0.5) is 0 Å². The van der Waals surface area contributed by atoms with Gasteiger partial charge in [-0.3, -0.25) is 9.69 Å². The summed E-state index contributed by atoms with van der Waals surface area (Å²) in [4.78, 5) is 25.7. The minimum Gasteiger partial charge on any atom is -0.485 e. The Balaban J connectivity index is 1.58. The third-order valence-electron chi connectivity index (χ3n) is 5.31. The van der Waals surface area contributed by atoms with Gasteiger partial charge in [0.1, 0.15) is 23.6 Å². The van der Waals surface area contributed by atoms with Gasteiger partial charge in [0.25, 0.3) is 5.91 Å². The topological polar surface area (TPSA) is 76.1 Å². The number of thioether (sulfide) groups is 1. The number of carbonyl (C=O) groups excluding carboxylic acids is 1. The molecule has 1 aliphatic heterocycles. The van der Waals surface area contributed by atoms with E-state index in [-0.39, 0.29) is 4.32 Å². The van der Waals surface area contributed by atoms with Crippen LogP contribution in [0.5, 0.6) is 11.5 Å². The predicted octanol–water partition coefficient (Wildman–Crippen LogP) is 5.52. The Morgan fingerprint density at radius 1 is 0.971 bits per heavy atom. The average molecular weight is 506 g/mol. The highest BCUT2D eigenvalue weighted by molar-refractivity contribution is 8.26. The summed E-state index contributed by atoms with van der Waals surface area (Å²) in [6.07, 6.45) is 1.68. The van der Waals surface area contributed by atoms with Crippen molar-refractivity contribution >= 4 is 46.3 Å². The molecule has 0 saturated carbocycles. The van der Waals surface area contributed by atoms with Gasteiger partial charge in [-0.05, 0) is 41.8 Å². The maximum Gasteiger partial charge on any atom is 0.326 e. The molecule has 1 N–H and O–H groups in total. The van der Waals surface area contributed by atoms with E-state index in [9.17, 15) is 14.7 Å². The first-order chi connectivity index (χ1) is 16.9. The molecular formula is C27H23NO5S2. The average Bonchev–Trinajstić information content (AvgIpc) is 3.15. The second-order valence-electron chi connectivity index (χ2n) is 7.82. The van der Waals surface area contributed by atoms with E-state index in [4.69, 9.17) is 21.7 Å². The highest BCUT2D eigenvalue weighted by Gasteiger charge is 2.38. The van der Waals surface area contributed by atoms with E-state index in [1.807, 2.05) is 66.7 Å². The van der Waals surface area contributed by atoms with E-state index in [1.165, 1.54) is 6.92 Å². The van der Waals surface area contributed by atoms with Crippen molar-refractivity contribution in [1.29, 1.82) is 0 Å². The van der Waals surface area contributed by atoms with Gasteiger partial charge in [-0.15, -0.1) is 0 Å². The third kappa shape index (κ3) is 6.09. The molecule has 0 aromatic heterocycles. The second kappa shape index (κ2) is 11.2. The number of ether oxygens (including phenoxy) is 2. The summed E-state index contributed by atoms with van der Waals surface area (Å²) in [6, 6.07) is 24.0. The van der Waals surface area contributed by atoms with Crippen molar-refractivity contribution in [2.24, 2.45) is 0 Å². The summed E-state index contributed by atoms with van der Waals surface area (Å²) < 4.78 is 12.4. The first-order valence-electron chi connectivity index (χ1n) is 10.9. The van der Waals surface area contributed by atoms with Crippen molar-refractivity contribution in [2.75, 3.05) is 0 Å². The molecule has 0 aliphatic carbocycles. The first kappa shape index (κ1) is 24.5. The summed E-state index contributed by atoms with van der Waals surface area (Å²) in [5.41, 5.74) is 2.75. The van der Waals surface area contributed by atoms with Crippen molar-refractivity contribution in [3.8, 4) is 11.5 Å². The van der Waals surface area contributed by atoms with Crippen LogP contribution in [0.25, 0.3) is 6.08 Å². The maximum atomic E-state index is 12.8. The lowest BCUT2D eigenvalue weighted by Crippen LogP contribution is -2.41. The number of carbonyl (C=O) groups is 2. The van der Waals surface area contributed by atoms with Gasteiger partial charge in [0, 0.05) is 0 Å². The molecule has 6 nitrogen and oxygen atoms in total. The molecule has 4 rings (SSSR count). The number of rotatable bonds is 9. The molecule has 3 aromatic rings. The summed E-state index contributed by atoms with van der Waals surface area (Å²) in [5.74, 6) is -0.424. The Morgan fingerprint density at radius 2 is 1.54 bits per heavy atom. The number of aliphatic carboxylic acids is 1. The maximum absolute atomic E-state index is 12.8. The monoisotopic (exact) mass is 505 g/mol. The van der Waals surface area contributed by atoms with E-state index in [2.05, 4.69) is 0 Å². The fraction of sp³-hybridized carbons (Fsp3) is 0.148. The Bertz CT molecular complexity index is 1260. The molecule has 0 spiro atoms. The van der Waals surface area contributed by atoms with Crippen molar-refractivity contribution in [3.05, 3.63) is 100 Å². The molecule has 3 aromatic carbocycles. The molecule has 1 fully saturated rings. The van der Waals surface area contributed by atoms with Gasteiger partial charge in [0.2, 0.25) is 0 Å². The van der Waals surface area contributed by atoms with E-state index in [0.717, 1.165) is 27.8 Å². The molecule has 178 valence electrons. The zero-order valence-electron chi connectivity index (χ0n) is 18.9. The normalized spacial score (nSPS) is 15.3. The summed E-state index contributed by atoms with van der Waals surface area (Å²) >= 11 is 6.33. The number of nitrogens with zero attached hydrogens (tertiary/aromatic N) is 1. The number of carboxylic acids is 1. The highest BCUT2D eigenvalue weighted by Crippen LogP contribution is 2.36. The van der Waals surface area contributed by atoms with Crippen LogP contribution in [0.3, 0.4) is 0 Å². The van der Waals surface area contributed by atoms with Gasteiger partial charge in [0.15, 0.2) is 11.5 Å². The fourth-order valence-corrected chi connectivity index (χ4v) is 4.81. The third-order valence-corrected chi connectivity index (χ3v) is 6.64. The molecule has 1 aliphatic rings. The number of amides is 1. The van der Waals surface area contributed by atoms with Crippen LogP contribution in [0.15, 0.2) is 83.8 Å². The van der Waals surface area contributed by atoms with Gasteiger partial charge in [-0.2, -0.15) is 0 Å². The Hall–Kier alpha value is -3.62. The van der Waals surface area contributed by atoms with Crippen LogP contribution >= 0.6 is 24.0 Å². The van der Waals surface area contributed by atoms with E-state index in [0.29, 0.717) is 35.2 Å². The lowest BCUT2D eigenvalue weighted by molar-refractivity contribution is -0.144. The summed E-state index contributed by atoms with van der Waals surface area (Å²) in [7, 11) is 0. The molecule has 35 heavy (non-hydrogen) atoms. The second-order valence-corrected chi connectivity index (χ2v) is 9.50. The van der Waals surface area contributed by atoms with Crippen molar-refractivity contribution in [2.45, 2.75) is 26.2 Å².